The molecule has 0 amide bonds. The van der Waals surface area contributed by atoms with Gasteiger partial charge in [-0.15, -0.1) is 0 Å². The van der Waals surface area contributed by atoms with Crippen LogP contribution in [0.1, 0.15) is 82.6 Å². The maximum Gasteiger partial charge on any atom is 0.360 e. The molecule has 0 nitrogen and oxygen atoms in total. The van der Waals surface area contributed by atoms with Crippen molar-refractivity contribution in [3.63, 3.8) is 0 Å². The Morgan fingerprint density at radius 1 is 0.696 bits per heavy atom. The fraction of sp³-hybridized carbons (Fsp3) is 1.00. The van der Waals surface area contributed by atoms with Crippen LogP contribution in [-0.2, 0) is 0 Å². The van der Waals surface area contributed by atoms with Crippen molar-refractivity contribution >= 4 is 22.1 Å². The van der Waals surface area contributed by atoms with E-state index in [0.717, 1.165) is 14.0 Å². The second-order valence-electron chi connectivity index (χ2n) is 10.1. The zero-order valence-electron chi connectivity index (χ0n) is 17.6. The van der Waals surface area contributed by atoms with Crippen LogP contribution in [0, 0.1) is 10.8 Å². The van der Waals surface area contributed by atoms with Gasteiger partial charge < -0.3 is 4.32 Å². The first kappa shape index (κ1) is 23.1. The molecule has 4 heteroatoms. The largest absolute Gasteiger partial charge is 0.360 e. The molecule has 0 aromatic heterocycles. The van der Waals surface area contributed by atoms with Crippen LogP contribution >= 0.6 is 0 Å². The summed E-state index contributed by atoms with van der Waals surface area (Å²) in [4.78, 5) is 0. The first-order valence-electron chi connectivity index (χ1n) is 9.30. The highest BCUT2D eigenvalue weighted by atomic mass is 19.1. The molecule has 0 spiro atoms. The standard InChI is InChI=1S/C19H39B3F/c1-13(2)20-14(3)17(6,7)12-18(8,9)15(4)21-16(5)19(10,11)22-23/h13-16H,12H2,1-11H3. The lowest BCUT2D eigenvalue weighted by Crippen LogP contribution is -2.34. The molecule has 0 aliphatic heterocycles. The van der Waals surface area contributed by atoms with E-state index in [4.69, 9.17) is 0 Å². The summed E-state index contributed by atoms with van der Waals surface area (Å²) in [5.74, 6) is 1.88. The number of hydrogen-bond acceptors (Lipinski definition) is 0. The summed E-state index contributed by atoms with van der Waals surface area (Å²) in [6.45, 7) is 24.7. The Morgan fingerprint density at radius 3 is 1.43 bits per heavy atom. The third kappa shape index (κ3) is 7.26. The van der Waals surface area contributed by atoms with E-state index in [9.17, 15) is 4.32 Å². The molecule has 0 aliphatic rings. The second kappa shape index (κ2) is 8.48. The Balaban J connectivity index is 4.90. The van der Waals surface area contributed by atoms with E-state index in [1.807, 2.05) is 13.8 Å². The fourth-order valence-electron chi connectivity index (χ4n) is 3.37. The van der Waals surface area contributed by atoms with Crippen LogP contribution in [0.2, 0.25) is 28.6 Å². The molecule has 23 heavy (non-hydrogen) atoms. The van der Waals surface area contributed by atoms with Crippen molar-refractivity contribution in [1.29, 1.82) is 0 Å². The highest BCUT2D eigenvalue weighted by Gasteiger charge is 2.39. The molecule has 0 aromatic rings. The van der Waals surface area contributed by atoms with E-state index >= 15 is 0 Å². The molecule has 0 aliphatic carbocycles. The van der Waals surface area contributed by atoms with E-state index in [2.05, 4.69) is 76.9 Å². The lowest BCUT2D eigenvalue weighted by atomic mass is 9.38. The van der Waals surface area contributed by atoms with Crippen molar-refractivity contribution in [3.05, 3.63) is 0 Å². The number of hydrogen-bond donors (Lipinski definition) is 0. The summed E-state index contributed by atoms with van der Waals surface area (Å²) >= 11 is 0. The fourth-order valence-corrected chi connectivity index (χ4v) is 3.37. The molecule has 0 aromatic carbocycles. The number of halogens is 1. The van der Waals surface area contributed by atoms with Crippen LogP contribution in [0.4, 0.5) is 4.32 Å². The molecular weight excluding hydrogens is 280 g/mol. The van der Waals surface area contributed by atoms with Gasteiger partial charge in [0, 0.05) is 0 Å². The van der Waals surface area contributed by atoms with Crippen LogP contribution in [0.25, 0.3) is 0 Å². The van der Waals surface area contributed by atoms with Crippen LogP contribution < -0.4 is 0 Å². The Bertz CT molecular complexity index is 351. The average Bonchev–Trinajstić information content (AvgIpc) is 2.36. The van der Waals surface area contributed by atoms with E-state index < -0.39 is 5.31 Å². The highest BCUT2D eigenvalue weighted by Crippen LogP contribution is 2.50. The minimum atomic E-state index is -0.390. The highest BCUT2D eigenvalue weighted by molar-refractivity contribution is 6.44. The zero-order valence-corrected chi connectivity index (χ0v) is 17.6. The van der Waals surface area contributed by atoms with Gasteiger partial charge in [-0.2, -0.15) is 0 Å². The van der Waals surface area contributed by atoms with E-state index in [0.29, 0.717) is 17.5 Å². The van der Waals surface area contributed by atoms with Gasteiger partial charge in [-0.3, -0.25) is 0 Å². The van der Waals surface area contributed by atoms with Crippen LogP contribution in [0.3, 0.4) is 0 Å². The molecule has 0 heterocycles. The Kier molecular flexibility index (Phi) is 8.52. The Labute approximate surface area is 148 Å². The zero-order chi connectivity index (χ0) is 18.6. The van der Waals surface area contributed by atoms with Gasteiger partial charge in [-0.25, -0.2) is 0 Å². The van der Waals surface area contributed by atoms with Gasteiger partial charge in [0.05, 0.1) is 0 Å². The van der Waals surface area contributed by atoms with Crippen LogP contribution in [0.5, 0.6) is 0 Å². The summed E-state index contributed by atoms with van der Waals surface area (Å²) in [7, 11) is 5.66. The third-order valence-electron chi connectivity index (χ3n) is 6.08. The second-order valence-corrected chi connectivity index (χ2v) is 10.1. The topological polar surface area (TPSA) is 0 Å². The molecule has 0 saturated carbocycles. The summed E-state index contributed by atoms with van der Waals surface area (Å²) in [5.41, 5.74) is 0.462. The van der Waals surface area contributed by atoms with E-state index in [1.54, 1.807) is 0 Å². The molecule has 3 radical (unpaired) electrons. The molecule has 0 saturated heterocycles. The molecule has 0 fully saturated rings. The van der Waals surface area contributed by atoms with Crippen molar-refractivity contribution < 1.29 is 4.32 Å². The third-order valence-corrected chi connectivity index (χ3v) is 6.08. The van der Waals surface area contributed by atoms with Gasteiger partial charge in [0.1, 0.15) is 14.6 Å². The average molecular weight is 319 g/mol. The molecule has 3 atom stereocenters. The SMILES string of the molecule is CC(C)[B]C(C)C(C)(C)CC(C)(C)C(C)[B]C(C)C(C)(C)[B]F. The molecule has 0 bridgehead atoms. The Hall–Kier alpha value is 0.125. The van der Waals surface area contributed by atoms with Gasteiger partial charge in [-0.1, -0.05) is 99.4 Å². The molecule has 3 unspecified atom stereocenters. The van der Waals surface area contributed by atoms with Gasteiger partial charge in [0.25, 0.3) is 0 Å². The first-order valence-corrected chi connectivity index (χ1v) is 9.30. The van der Waals surface area contributed by atoms with Gasteiger partial charge in [-0.05, 0) is 22.6 Å². The molecule has 131 valence electrons. The van der Waals surface area contributed by atoms with Crippen molar-refractivity contribution in [1.82, 2.24) is 0 Å². The summed E-state index contributed by atoms with van der Waals surface area (Å²) in [5, 5.41) is -0.390. The van der Waals surface area contributed by atoms with Crippen molar-refractivity contribution in [2.75, 3.05) is 0 Å². The van der Waals surface area contributed by atoms with Crippen molar-refractivity contribution in [2.24, 2.45) is 10.8 Å². The van der Waals surface area contributed by atoms with E-state index in [-0.39, 0.29) is 16.6 Å². The maximum absolute atomic E-state index is 13.1. The summed E-state index contributed by atoms with van der Waals surface area (Å²) < 4.78 is 13.1. The molecular formula is C19H39B3F. The smallest absolute Gasteiger partial charge is 0.342 e. The predicted octanol–water partition coefficient (Wildman–Crippen LogP) is 6.88. The maximum atomic E-state index is 13.1. The van der Waals surface area contributed by atoms with Crippen molar-refractivity contribution in [3.8, 4) is 0 Å². The monoisotopic (exact) mass is 319 g/mol. The minimum Gasteiger partial charge on any atom is -0.342 e. The summed E-state index contributed by atoms with van der Waals surface area (Å²) in [6, 6.07) is 0. The molecule has 0 N–H and O–H groups in total. The predicted molar refractivity (Wildman–Crippen MR) is 108 cm³/mol. The normalized spacial score (nSPS) is 17.6. The minimum absolute atomic E-state index is 0.198. The van der Waals surface area contributed by atoms with Gasteiger partial charge in [0.2, 0.25) is 0 Å². The lowest BCUT2D eigenvalue weighted by molar-refractivity contribution is 0.181. The van der Waals surface area contributed by atoms with Crippen LogP contribution in [-0.4, -0.2) is 22.1 Å². The van der Waals surface area contributed by atoms with Gasteiger partial charge >= 0.3 is 7.56 Å². The van der Waals surface area contributed by atoms with Gasteiger partial charge in [0.15, 0.2) is 0 Å². The Morgan fingerprint density at radius 2 is 1.09 bits per heavy atom. The van der Waals surface area contributed by atoms with Crippen LogP contribution in [0.15, 0.2) is 0 Å². The van der Waals surface area contributed by atoms with E-state index in [1.165, 1.54) is 0 Å². The first-order chi connectivity index (χ1) is 10.2. The molecule has 0 rings (SSSR count). The number of rotatable bonds is 10. The van der Waals surface area contributed by atoms with Crippen molar-refractivity contribution in [2.45, 2.75) is 111 Å². The summed E-state index contributed by atoms with van der Waals surface area (Å²) in [6.07, 6.45) is 1.16. The lowest BCUT2D eigenvalue weighted by Gasteiger charge is -2.44. The quantitative estimate of drug-likeness (QED) is 0.385.